The van der Waals surface area contributed by atoms with Gasteiger partial charge in [-0.2, -0.15) is 4.98 Å². The Morgan fingerprint density at radius 2 is 1.60 bits per heavy atom. The molecule has 2 rings (SSSR count). The molecule has 86 valence electrons. The van der Waals surface area contributed by atoms with Gasteiger partial charge in [0.1, 0.15) is 19.0 Å². The van der Waals surface area contributed by atoms with E-state index in [9.17, 15) is 0 Å². The van der Waals surface area contributed by atoms with Gasteiger partial charge in [0.05, 0.1) is 6.20 Å². The second-order valence-electron chi connectivity index (χ2n) is 2.10. The monoisotopic (exact) mass is 213 g/mol. The number of nitrogens with zero attached hydrogens (tertiary/aromatic N) is 2. The van der Waals surface area contributed by atoms with Gasteiger partial charge in [0.15, 0.2) is 0 Å². The Kier molecular flexibility index (Phi) is 7.05. The van der Waals surface area contributed by atoms with E-state index in [0.717, 1.165) is 0 Å². The molecule has 5 nitrogen and oxygen atoms in total. The van der Waals surface area contributed by atoms with E-state index < -0.39 is 0 Å². The molecule has 0 unspecified atom stereocenters. The van der Waals surface area contributed by atoms with Crippen molar-refractivity contribution in [3.05, 3.63) is 6.20 Å². The molecule has 2 N–H and O–H groups in total. The summed E-state index contributed by atoms with van der Waals surface area (Å²) in [5.41, 5.74) is 5.37. The molecule has 1 aromatic rings. The van der Waals surface area contributed by atoms with E-state index in [1.165, 1.54) is 6.20 Å². The zero-order valence-corrected chi connectivity index (χ0v) is 9.78. The van der Waals surface area contributed by atoms with Crippen LogP contribution in [0.3, 0.4) is 0 Å². The summed E-state index contributed by atoms with van der Waals surface area (Å²) in [7, 11) is 0. The molecule has 1 aromatic heterocycles. The largest absolute Gasteiger partial charge is 0.470 e. The smallest absolute Gasteiger partial charge is 0.280 e. The van der Waals surface area contributed by atoms with Gasteiger partial charge in [-0.05, 0) is 0 Å². The molecule has 0 fully saturated rings. The maximum absolute atomic E-state index is 5.37. The van der Waals surface area contributed by atoms with Crippen LogP contribution in [0.4, 0.5) is 5.82 Å². The van der Waals surface area contributed by atoms with E-state index in [1.807, 2.05) is 27.7 Å². The summed E-state index contributed by atoms with van der Waals surface area (Å²) >= 11 is 0. The molecule has 0 bridgehead atoms. The molecule has 0 spiro atoms. The number of fused-ring (bicyclic) bond motifs is 1. The van der Waals surface area contributed by atoms with Crippen molar-refractivity contribution in [2.24, 2.45) is 0 Å². The van der Waals surface area contributed by atoms with Crippen LogP contribution < -0.4 is 15.2 Å². The van der Waals surface area contributed by atoms with Gasteiger partial charge in [-0.3, -0.25) is 0 Å². The van der Waals surface area contributed by atoms with Crippen molar-refractivity contribution in [1.29, 1.82) is 0 Å². The minimum absolute atomic E-state index is 0.342. The molecule has 1 aliphatic heterocycles. The first kappa shape index (κ1) is 13.5. The van der Waals surface area contributed by atoms with Crippen LogP contribution in [0, 0.1) is 0 Å². The maximum atomic E-state index is 5.37. The van der Waals surface area contributed by atoms with Gasteiger partial charge in [0, 0.05) is 0 Å². The number of nitrogen functional groups attached to an aromatic ring is 1. The van der Waals surface area contributed by atoms with Crippen LogP contribution >= 0.6 is 0 Å². The van der Waals surface area contributed by atoms with E-state index in [2.05, 4.69) is 9.97 Å². The Morgan fingerprint density at radius 1 is 1.07 bits per heavy atom. The van der Waals surface area contributed by atoms with Gasteiger partial charge >= 0.3 is 0 Å². The minimum atomic E-state index is 0.342. The van der Waals surface area contributed by atoms with E-state index in [-0.39, 0.29) is 0 Å². The van der Waals surface area contributed by atoms with Crippen LogP contribution in [0.2, 0.25) is 0 Å². The summed E-state index contributed by atoms with van der Waals surface area (Å²) in [6.45, 7) is 9.02. The molecule has 15 heavy (non-hydrogen) atoms. The molecular weight excluding hydrogens is 194 g/mol. The zero-order chi connectivity index (χ0) is 11.7. The topological polar surface area (TPSA) is 70.3 Å². The van der Waals surface area contributed by atoms with Crippen LogP contribution in [-0.2, 0) is 0 Å². The Hall–Kier alpha value is -1.52. The van der Waals surface area contributed by atoms with Crippen LogP contribution in [0.5, 0.6) is 11.8 Å². The summed E-state index contributed by atoms with van der Waals surface area (Å²) < 4.78 is 10.2. The van der Waals surface area contributed by atoms with Gasteiger partial charge in [-0.1, -0.05) is 27.7 Å². The fourth-order valence-electron chi connectivity index (χ4n) is 0.844. The standard InChI is InChI=1S/C6H7N3O2.2C2H6/c7-4-3-8-5-6(9-4)11-2-1-10-5;2*1-2/h3H,1-2H2,(H2,7,9);2*1-2H3. The van der Waals surface area contributed by atoms with E-state index in [0.29, 0.717) is 30.8 Å². The molecule has 0 aromatic carbocycles. The summed E-state index contributed by atoms with van der Waals surface area (Å²) in [5.74, 6) is 1.15. The van der Waals surface area contributed by atoms with Gasteiger partial charge in [0.2, 0.25) is 0 Å². The molecule has 0 atom stereocenters. The summed E-state index contributed by atoms with van der Waals surface area (Å²) in [6.07, 6.45) is 1.44. The third-order valence-corrected chi connectivity index (χ3v) is 1.29. The molecule has 0 saturated heterocycles. The molecule has 0 saturated carbocycles. The Morgan fingerprint density at radius 3 is 2.20 bits per heavy atom. The number of aromatic nitrogens is 2. The van der Waals surface area contributed by atoms with Crippen molar-refractivity contribution in [3.63, 3.8) is 0 Å². The van der Waals surface area contributed by atoms with E-state index in [1.54, 1.807) is 0 Å². The van der Waals surface area contributed by atoms with Crippen LogP contribution in [0.1, 0.15) is 27.7 Å². The maximum Gasteiger partial charge on any atom is 0.280 e. The zero-order valence-electron chi connectivity index (χ0n) is 9.78. The number of rotatable bonds is 0. The minimum Gasteiger partial charge on any atom is -0.470 e. The van der Waals surface area contributed by atoms with Crippen molar-refractivity contribution in [3.8, 4) is 11.8 Å². The number of ether oxygens (including phenoxy) is 2. The lowest BCUT2D eigenvalue weighted by Crippen LogP contribution is -2.17. The third kappa shape index (κ3) is 4.01. The number of nitrogens with two attached hydrogens (primary N) is 1. The van der Waals surface area contributed by atoms with Gasteiger partial charge < -0.3 is 15.2 Å². The lowest BCUT2D eigenvalue weighted by molar-refractivity contribution is 0.157. The molecule has 0 radical (unpaired) electrons. The molecule has 5 heteroatoms. The predicted octanol–water partition coefficient (Wildman–Crippen LogP) is 1.88. The van der Waals surface area contributed by atoms with Crippen LogP contribution in [-0.4, -0.2) is 23.2 Å². The lowest BCUT2D eigenvalue weighted by Gasteiger charge is -2.15. The summed E-state index contributed by atoms with van der Waals surface area (Å²) in [6, 6.07) is 0. The molecule has 0 amide bonds. The van der Waals surface area contributed by atoms with Gasteiger partial charge in [-0.25, -0.2) is 4.98 Å². The fraction of sp³-hybridized carbons (Fsp3) is 0.600. The van der Waals surface area contributed by atoms with Crippen LogP contribution in [0.25, 0.3) is 0 Å². The van der Waals surface area contributed by atoms with Crippen molar-refractivity contribution in [2.45, 2.75) is 27.7 Å². The number of anilines is 1. The second-order valence-corrected chi connectivity index (χ2v) is 2.10. The van der Waals surface area contributed by atoms with Crippen molar-refractivity contribution >= 4 is 5.82 Å². The van der Waals surface area contributed by atoms with Crippen molar-refractivity contribution in [1.82, 2.24) is 9.97 Å². The highest BCUT2D eigenvalue weighted by atomic mass is 16.6. The lowest BCUT2D eigenvalue weighted by atomic mass is 10.6. The normalized spacial score (nSPS) is 11.5. The second kappa shape index (κ2) is 7.84. The Balaban J connectivity index is 0.000000442. The van der Waals surface area contributed by atoms with E-state index in [4.69, 9.17) is 15.2 Å². The van der Waals surface area contributed by atoms with Crippen molar-refractivity contribution < 1.29 is 9.47 Å². The first-order valence-electron chi connectivity index (χ1n) is 5.24. The van der Waals surface area contributed by atoms with Gasteiger partial charge in [0.25, 0.3) is 11.8 Å². The highest BCUT2D eigenvalue weighted by Crippen LogP contribution is 2.24. The average Bonchev–Trinajstić information content (AvgIpc) is 2.34. The quantitative estimate of drug-likeness (QED) is 0.712. The van der Waals surface area contributed by atoms with Gasteiger partial charge in [-0.15, -0.1) is 0 Å². The van der Waals surface area contributed by atoms with Crippen molar-refractivity contribution in [2.75, 3.05) is 18.9 Å². The molecular formula is C10H19N3O2. The highest BCUT2D eigenvalue weighted by Gasteiger charge is 2.13. The highest BCUT2D eigenvalue weighted by molar-refractivity contribution is 5.35. The fourth-order valence-corrected chi connectivity index (χ4v) is 0.844. The molecule has 1 aliphatic rings. The first-order valence-corrected chi connectivity index (χ1v) is 5.24. The number of hydrogen-bond acceptors (Lipinski definition) is 5. The molecule has 0 aliphatic carbocycles. The average molecular weight is 213 g/mol. The Labute approximate surface area is 90.6 Å². The Bertz CT molecular complexity index is 279. The SMILES string of the molecule is CC.CC.Nc1cnc2c(n1)OCCO2. The third-order valence-electron chi connectivity index (χ3n) is 1.29. The first-order chi connectivity index (χ1) is 7.36. The van der Waals surface area contributed by atoms with E-state index >= 15 is 0 Å². The number of hydrogen-bond donors (Lipinski definition) is 1. The predicted molar refractivity (Wildman–Crippen MR) is 60.1 cm³/mol. The molecule has 2 heterocycles. The summed E-state index contributed by atoms with van der Waals surface area (Å²) in [5, 5.41) is 0. The van der Waals surface area contributed by atoms with Crippen LogP contribution in [0.15, 0.2) is 6.20 Å². The summed E-state index contributed by atoms with van der Waals surface area (Å²) in [4.78, 5) is 7.77.